The van der Waals surface area contributed by atoms with Gasteiger partial charge < -0.3 is 10.7 Å². The summed E-state index contributed by atoms with van der Waals surface area (Å²) in [6, 6.07) is 0. The first-order chi connectivity index (χ1) is 7.84. The van der Waals surface area contributed by atoms with Gasteiger partial charge in [-0.25, -0.2) is 4.98 Å². The highest BCUT2D eigenvalue weighted by molar-refractivity contribution is 5.19. The molecule has 2 fully saturated rings. The van der Waals surface area contributed by atoms with Crippen LogP contribution in [0.25, 0.3) is 0 Å². The Kier molecular flexibility index (Phi) is 2.51. The topological polar surface area (TPSA) is 54.7 Å². The van der Waals surface area contributed by atoms with E-state index in [1.165, 1.54) is 50.6 Å². The minimum absolute atomic E-state index is 0.191. The lowest BCUT2D eigenvalue weighted by Gasteiger charge is -2.39. The minimum atomic E-state index is 0.191. The summed E-state index contributed by atoms with van der Waals surface area (Å²) in [5.41, 5.74) is 7.45. The third-order valence-corrected chi connectivity index (χ3v) is 4.59. The van der Waals surface area contributed by atoms with Crippen molar-refractivity contribution in [3.63, 3.8) is 0 Å². The fraction of sp³-hybridized carbons (Fsp3) is 0.769. The molecule has 3 heteroatoms. The molecule has 0 radical (unpaired) electrons. The molecule has 0 spiro atoms. The van der Waals surface area contributed by atoms with Crippen molar-refractivity contribution in [3.8, 4) is 0 Å². The van der Waals surface area contributed by atoms with Gasteiger partial charge in [-0.15, -0.1) is 0 Å². The number of hydrogen-bond acceptors (Lipinski definition) is 2. The van der Waals surface area contributed by atoms with Gasteiger partial charge in [0.2, 0.25) is 0 Å². The average Bonchev–Trinajstić information content (AvgIpc) is 2.86. The number of nitrogens with two attached hydrogens (primary N) is 1. The van der Waals surface area contributed by atoms with Crippen molar-refractivity contribution in [1.29, 1.82) is 0 Å². The number of nitrogens with zero attached hydrogens (tertiary/aromatic N) is 1. The maximum Gasteiger partial charge on any atom is 0.113 e. The number of H-pyrrole nitrogens is 1. The smallest absolute Gasteiger partial charge is 0.113 e. The van der Waals surface area contributed by atoms with Crippen molar-refractivity contribution in [1.82, 2.24) is 9.97 Å². The number of nitrogens with one attached hydrogen (secondary N) is 1. The number of imidazole rings is 1. The van der Waals surface area contributed by atoms with Crippen LogP contribution >= 0.6 is 0 Å². The van der Waals surface area contributed by atoms with Crippen LogP contribution in [-0.2, 0) is 5.41 Å². The molecule has 0 saturated heterocycles. The Morgan fingerprint density at radius 2 is 2.06 bits per heavy atom. The van der Waals surface area contributed by atoms with Gasteiger partial charge in [-0.3, -0.25) is 0 Å². The molecular weight excluding hydrogens is 198 g/mol. The number of aromatic nitrogens is 2. The maximum absolute atomic E-state index is 5.90. The molecule has 1 aromatic rings. The maximum atomic E-state index is 5.90. The molecule has 0 aromatic carbocycles. The average molecular weight is 219 g/mol. The van der Waals surface area contributed by atoms with E-state index >= 15 is 0 Å². The van der Waals surface area contributed by atoms with E-state index in [4.69, 9.17) is 5.73 Å². The zero-order valence-electron chi connectivity index (χ0n) is 9.84. The van der Waals surface area contributed by atoms with Crippen LogP contribution in [-0.4, -0.2) is 16.5 Å². The van der Waals surface area contributed by atoms with Crippen molar-refractivity contribution in [2.24, 2.45) is 5.73 Å². The van der Waals surface area contributed by atoms with Crippen LogP contribution in [0, 0.1) is 0 Å². The largest absolute Gasteiger partial charge is 0.345 e. The Bertz CT molecular complexity index is 353. The molecule has 3 N–H and O–H groups in total. The highest BCUT2D eigenvalue weighted by Crippen LogP contribution is 2.42. The molecule has 2 aliphatic rings. The third-order valence-electron chi connectivity index (χ3n) is 4.59. The number of hydrogen-bond donors (Lipinski definition) is 2. The van der Waals surface area contributed by atoms with Crippen LogP contribution < -0.4 is 5.73 Å². The summed E-state index contributed by atoms with van der Waals surface area (Å²) in [6.45, 7) is 0.741. The van der Waals surface area contributed by atoms with Crippen molar-refractivity contribution in [2.75, 3.05) is 6.54 Å². The minimum Gasteiger partial charge on any atom is -0.345 e. The Labute approximate surface area is 96.8 Å². The molecule has 0 aliphatic heterocycles. The van der Waals surface area contributed by atoms with Gasteiger partial charge in [0.25, 0.3) is 0 Å². The van der Waals surface area contributed by atoms with Gasteiger partial charge in [0.1, 0.15) is 5.82 Å². The summed E-state index contributed by atoms with van der Waals surface area (Å²) in [5, 5.41) is 0. The second kappa shape index (κ2) is 3.88. The van der Waals surface area contributed by atoms with E-state index in [0.717, 1.165) is 18.3 Å². The standard InChI is InChI=1S/C13H21N3/c14-9-13(6-3-7-13)12-15-8-11(16-12)10-4-1-2-5-10/h8,10H,1-7,9,14H2,(H,15,16). The van der Waals surface area contributed by atoms with Crippen LogP contribution in [0.4, 0.5) is 0 Å². The van der Waals surface area contributed by atoms with Crippen LogP contribution in [0.1, 0.15) is 62.4 Å². The molecular formula is C13H21N3. The van der Waals surface area contributed by atoms with E-state index in [-0.39, 0.29) is 5.41 Å². The molecule has 0 amide bonds. The molecule has 1 aromatic heterocycles. The van der Waals surface area contributed by atoms with Gasteiger partial charge >= 0.3 is 0 Å². The molecule has 1 heterocycles. The number of aromatic amines is 1. The molecule has 3 rings (SSSR count). The Hall–Kier alpha value is -0.830. The monoisotopic (exact) mass is 219 g/mol. The fourth-order valence-corrected chi connectivity index (χ4v) is 3.19. The quantitative estimate of drug-likeness (QED) is 0.820. The van der Waals surface area contributed by atoms with Gasteiger partial charge in [0, 0.05) is 29.8 Å². The van der Waals surface area contributed by atoms with Crippen LogP contribution in [0.2, 0.25) is 0 Å². The zero-order valence-corrected chi connectivity index (χ0v) is 9.84. The summed E-state index contributed by atoms with van der Waals surface area (Å²) in [6.07, 6.45) is 11.2. The molecule has 88 valence electrons. The molecule has 16 heavy (non-hydrogen) atoms. The normalized spacial score (nSPS) is 24.6. The first-order valence-electron chi connectivity index (χ1n) is 6.59. The van der Waals surface area contributed by atoms with E-state index in [1.54, 1.807) is 0 Å². The first-order valence-corrected chi connectivity index (χ1v) is 6.59. The molecule has 0 atom stereocenters. The summed E-state index contributed by atoms with van der Waals surface area (Å²) in [4.78, 5) is 8.15. The fourth-order valence-electron chi connectivity index (χ4n) is 3.19. The van der Waals surface area contributed by atoms with Crippen LogP contribution in [0.5, 0.6) is 0 Å². The lowest BCUT2D eigenvalue weighted by atomic mass is 9.68. The van der Waals surface area contributed by atoms with Crippen molar-refractivity contribution < 1.29 is 0 Å². The van der Waals surface area contributed by atoms with Crippen LogP contribution in [0.3, 0.4) is 0 Å². The lowest BCUT2D eigenvalue weighted by molar-refractivity contribution is 0.239. The Balaban J connectivity index is 1.81. The zero-order chi connectivity index (χ0) is 11.0. The second-order valence-electron chi connectivity index (χ2n) is 5.51. The Morgan fingerprint density at radius 1 is 1.31 bits per heavy atom. The predicted molar refractivity (Wildman–Crippen MR) is 64.4 cm³/mol. The predicted octanol–water partition coefficient (Wildman–Crippen LogP) is 2.45. The van der Waals surface area contributed by atoms with Crippen molar-refractivity contribution >= 4 is 0 Å². The van der Waals surface area contributed by atoms with Gasteiger partial charge in [-0.1, -0.05) is 19.3 Å². The summed E-state index contributed by atoms with van der Waals surface area (Å²) < 4.78 is 0. The lowest BCUT2D eigenvalue weighted by Crippen LogP contribution is -2.42. The molecule has 3 nitrogen and oxygen atoms in total. The van der Waals surface area contributed by atoms with E-state index in [1.807, 2.05) is 0 Å². The number of rotatable bonds is 3. The van der Waals surface area contributed by atoms with E-state index in [0.29, 0.717) is 0 Å². The molecule has 2 saturated carbocycles. The van der Waals surface area contributed by atoms with Crippen molar-refractivity contribution in [2.45, 2.75) is 56.3 Å². The van der Waals surface area contributed by atoms with Gasteiger partial charge in [0.05, 0.1) is 0 Å². The highest BCUT2D eigenvalue weighted by Gasteiger charge is 2.40. The van der Waals surface area contributed by atoms with Gasteiger partial charge in [-0.2, -0.15) is 0 Å². The molecule has 0 bridgehead atoms. The summed E-state index contributed by atoms with van der Waals surface area (Å²) in [5.74, 6) is 1.89. The third kappa shape index (κ3) is 1.49. The molecule has 2 aliphatic carbocycles. The summed E-state index contributed by atoms with van der Waals surface area (Å²) >= 11 is 0. The van der Waals surface area contributed by atoms with E-state index in [9.17, 15) is 0 Å². The van der Waals surface area contributed by atoms with Gasteiger partial charge in [0.15, 0.2) is 0 Å². The SMILES string of the molecule is NCC1(c2ncc(C3CCCC3)[nH]2)CCC1. The van der Waals surface area contributed by atoms with E-state index in [2.05, 4.69) is 16.2 Å². The summed E-state index contributed by atoms with van der Waals surface area (Å²) in [7, 11) is 0. The first kappa shape index (κ1) is 10.3. The Morgan fingerprint density at radius 3 is 2.62 bits per heavy atom. The second-order valence-corrected chi connectivity index (χ2v) is 5.51. The highest BCUT2D eigenvalue weighted by atomic mass is 15.0. The van der Waals surface area contributed by atoms with Crippen LogP contribution in [0.15, 0.2) is 6.20 Å². The van der Waals surface area contributed by atoms with E-state index < -0.39 is 0 Å². The molecule has 0 unspecified atom stereocenters. The van der Waals surface area contributed by atoms with Gasteiger partial charge in [-0.05, 0) is 25.7 Å². The van der Waals surface area contributed by atoms with Crippen molar-refractivity contribution in [3.05, 3.63) is 17.7 Å².